The Morgan fingerprint density at radius 2 is 2.12 bits per heavy atom. The van der Waals surface area contributed by atoms with Crippen molar-refractivity contribution in [3.63, 3.8) is 0 Å². The van der Waals surface area contributed by atoms with Crippen LogP contribution in [-0.4, -0.2) is 38.4 Å². The Labute approximate surface area is 142 Å². The number of anilines is 1. The lowest BCUT2D eigenvalue weighted by molar-refractivity contribution is 0.394. The van der Waals surface area contributed by atoms with Gasteiger partial charge in [-0.2, -0.15) is 4.31 Å². The van der Waals surface area contributed by atoms with Gasteiger partial charge in [-0.1, -0.05) is 6.07 Å². The third-order valence-electron chi connectivity index (χ3n) is 4.28. The zero-order chi connectivity index (χ0) is 17.2. The molecule has 1 saturated heterocycles. The molecule has 0 bridgehead atoms. The number of nitrogens with one attached hydrogen (secondary N) is 1. The molecule has 6 nitrogen and oxygen atoms in total. The Hall–Kier alpha value is -2.12. The SMILES string of the molecule is CNc1cc([C@@H]2CCCN2S(=O)(=O)c2cccc(OC)c2)ccn1. The van der Waals surface area contributed by atoms with Crippen LogP contribution < -0.4 is 10.1 Å². The Morgan fingerprint density at radius 3 is 2.88 bits per heavy atom. The summed E-state index contributed by atoms with van der Waals surface area (Å²) in [6.07, 6.45) is 3.34. The maximum atomic E-state index is 13.1. The predicted octanol–water partition coefficient (Wildman–Crippen LogP) is 2.66. The normalized spacial score (nSPS) is 18.5. The molecule has 0 saturated carbocycles. The third kappa shape index (κ3) is 3.09. The first-order valence-electron chi connectivity index (χ1n) is 7.86. The number of benzene rings is 1. The van der Waals surface area contributed by atoms with Crippen LogP contribution in [0.5, 0.6) is 5.75 Å². The predicted molar refractivity (Wildman–Crippen MR) is 92.6 cm³/mol. The molecule has 1 aliphatic rings. The maximum Gasteiger partial charge on any atom is 0.243 e. The maximum absolute atomic E-state index is 13.1. The molecule has 0 radical (unpaired) electrons. The summed E-state index contributed by atoms with van der Waals surface area (Å²) < 4.78 is 32.9. The van der Waals surface area contributed by atoms with E-state index in [4.69, 9.17) is 4.74 Å². The lowest BCUT2D eigenvalue weighted by Crippen LogP contribution is -2.30. The van der Waals surface area contributed by atoms with Crippen LogP contribution in [0.2, 0.25) is 0 Å². The number of aromatic nitrogens is 1. The van der Waals surface area contributed by atoms with E-state index in [1.807, 2.05) is 12.1 Å². The van der Waals surface area contributed by atoms with Crippen molar-refractivity contribution in [3.8, 4) is 5.75 Å². The summed E-state index contributed by atoms with van der Waals surface area (Å²) in [5.41, 5.74) is 0.957. The molecule has 1 fully saturated rings. The molecule has 2 heterocycles. The van der Waals surface area contributed by atoms with E-state index in [2.05, 4.69) is 10.3 Å². The van der Waals surface area contributed by atoms with E-state index in [1.165, 1.54) is 7.11 Å². The van der Waals surface area contributed by atoms with E-state index in [-0.39, 0.29) is 10.9 Å². The van der Waals surface area contributed by atoms with Crippen molar-refractivity contribution in [2.75, 3.05) is 26.0 Å². The topological polar surface area (TPSA) is 71.5 Å². The Bertz CT molecular complexity index is 823. The molecule has 0 unspecified atom stereocenters. The van der Waals surface area contributed by atoms with Crippen LogP contribution in [-0.2, 0) is 10.0 Å². The summed E-state index contributed by atoms with van der Waals surface area (Å²) in [5, 5.41) is 3.00. The number of hydrogen-bond donors (Lipinski definition) is 1. The zero-order valence-corrected chi connectivity index (χ0v) is 14.6. The second-order valence-corrected chi connectivity index (χ2v) is 7.57. The highest BCUT2D eigenvalue weighted by Gasteiger charge is 2.36. The van der Waals surface area contributed by atoms with E-state index in [0.717, 1.165) is 24.2 Å². The van der Waals surface area contributed by atoms with Crippen molar-refractivity contribution in [1.82, 2.24) is 9.29 Å². The molecule has 1 atom stereocenters. The molecule has 3 rings (SSSR count). The van der Waals surface area contributed by atoms with Gasteiger partial charge in [0.1, 0.15) is 11.6 Å². The zero-order valence-electron chi connectivity index (χ0n) is 13.8. The molecule has 1 aliphatic heterocycles. The number of pyridine rings is 1. The van der Waals surface area contributed by atoms with E-state index in [9.17, 15) is 8.42 Å². The van der Waals surface area contributed by atoms with E-state index >= 15 is 0 Å². The summed E-state index contributed by atoms with van der Waals surface area (Å²) in [4.78, 5) is 4.46. The van der Waals surface area contributed by atoms with E-state index in [0.29, 0.717) is 12.3 Å². The van der Waals surface area contributed by atoms with Crippen molar-refractivity contribution >= 4 is 15.8 Å². The van der Waals surface area contributed by atoms with Crippen LogP contribution in [0.15, 0.2) is 47.5 Å². The van der Waals surface area contributed by atoms with Gasteiger partial charge in [-0.25, -0.2) is 13.4 Å². The fraction of sp³-hybridized carbons (Fsp3) is 0.353. The van der Waals surface area contributed by atoms with Crippen molar-refractivity contribution < 1.29 is 13.2 Å². The summed E-state index contributed by atoms with van der Waals surface area (Å²) in [6.45, 7) is 0.515. The summed E-state index contributed by atoms with van der Waals surface area (Å²) in [6, 6.07) is 10.2. The van der Waals surface area contributed by atoms with Crippen LogP contribution in [0.1, 0.15) is 24.4 Å². The molecule has 0 amide bonds. The molecule has 0 aliphatic carbocycles. The summed E-state index contributed by atoms with van der Waals surface area (Å²) in [5.74, 6) is 1.27. The number of methoxy groups -OCH3 is 1. The molecule has 2 aromatic rings. The second kappa shape index (κ2) is 6.78. The first-order chi connectivity index (χ1) is 11.6. The Balaban J connectivity index is 1.96. The fourth-order valence-electron chi connectivity index (χ4n) is 3.05. The highest BCUT2D eigenvalue weighted by Crippen LogP contribution is 2.37. The smallest absolute Gasteiger partial charge is 0.243 e. The molecule has 1 N–H and O–H groups in total. The van der Waals surface area contributed by atoms with Gasteiger partial charge < -0.3 is 10.1 Å². The van der Waals surface area contributed by atoms with Crippen LogP contribution >= 0.6 is 0 Å². The van der Waals surface area contributed by atoms with Crippen molar-refractivity contribution in [2.24, 2.45) is 0 Å². The third-order valence-corrected chi connectivity index (χ3v) is 6.18. The summed E-state index contributed by atoms with van der Waals surface area (Å²) >= 11 is 0. The lowest BCUT2D eigenvalue weighted by Gasteiger charge is -2.24. The first-order valence-corrected chi connectivity index (χ1v) is 9.30. The number of rotatable bonds is 5. The average Bonchev–Trinajstić information content (AvgIpc) is 3.12. The Morgan fingerprint density at radius 1 is 1.29 bits per heavy atom. The van der Waals surface area contributed by atoms with Crippen LogP contribution in [0.25, 0.3) is 0 Å². The van der Waals surface area contributed by atoms with Crippen molar-refractivity contribution in [2.45, 2.75) is 23.8 Å². The van der Waals surface area contributed by atoms with Gasteiger partial charge >= 0.3 is 0 Å². The van der Waals surface area contributed by atoms with Gasteiger partial charge in [-0.05, 0) is 42.7 Å². The van der Waals surface area contributed by atoms with Crippen molar-refractivity contribution in [3.05, 3.63) is 48.2 Å². The highest BCUT2D eigenvalue weighted by molar-refractivity contribution is 7.89. The first kappa shape index (κ1) is 16.7. The van der Waals surface area contributed by atoms with Crippen LogP contribution in [0, 0.1) is 0 Å². The van der Waals surface area contributed by atoms with Gasteiger partial charge in [0.2, 0.25) is 10.0 Å². The fourth-order valence-corrected chi connectivity index (χ4v) is 4.77. The monoisotopic (exact) mass is 347 g/mol. The molecule has 24 heavy (non-hydrogen) atoms. The van der Waals surface area contributed by atoms with Crippen LogP contribution in [0.4, 0.5) is 5.82 Å². The minimum absolute atomic E-state index is 0.170. The van der Waals surface area contributed by atoms with Gasteiger partial charge in [0, 0.05) is 25.9 Å². The van der Waals surface area contributed by atoms with Gasteiger partial charge in [0.05, 0.1) is 18.0 Å². The standard InChI is InChI=1S/C17H21N3O3S/c1-18-17-11-13(8-9-19-17)16-7-4-10-20(16)24(21,22)15-6-3-5-14(12-15)23-2/h3,5-6,8-9,11-12,16H,4,7,10H2,1-2H3,(H,18,19)/t16-/m0/s1. The number of nitrogens with zero attached hydrogens (tertiary/aromatic N) is 2. The minimum Gasteiger partial charge on any atom is -0.497 e. The number of ether oxygens (including phenoxy) is 1. The molecule has 0 spiro atoms. The van der Waals surface area contributed by atoms with Gasteiger partial charge in [-0.15, -0.1) is 0 Å². The average molecular weight is 347 g/mol. The van der Waals surface area contributed by atoms with E-state index < -0.39 is 10.0 Å². The second-order valence-electron chi connectivity index (χ2n) is 5.68. The largest absolute Gasteiger partial charge is 0.497 e. The molecule has 1 aromatic heterocycles. The molecular weight excluding hydrogens is 326 g/mol. The summed E-state index contributed by atoms with van der Waals surface area (Å²) in [7, 11) is -0.250. The van der Waals surface area contributed by atoms with Gasteiger partial charge in [0.15, 0.2) is 0 Å². The van der Waals surface area contributed by atoms with E-state index in [1.54, 1.807) is 41.8 Å². The molecule has 128 valence electrons. The molecular formula is C17H21N3O3S. The quantitative estimate of drug-likeness (QED) is 0.900. The van der Waals surface area contributed by atoms with Gasteiger partial charge in [0.25, 0.3) is 0 Å². The number of sulfonamides is 1. The van der Waals surface area contributed by atoms with Gasteiger partial charge in [-0.3, -0.25) is 0 Å². The Kier molecular flexibility index (Phi) is 4.73. The van der Waals surface area contributed by atoms with Crippen molar-refractivity contribution in [1.29, 1.82) is 0 Å². The molecule has 1 aromatic carbocycles. The highest BCUT2D eigenvalue weighted by atomic mass is 32.2. The number of hydrogen-bond acceptors (Lipinski definition) is 5. The van der Waals surface area contributed by atoms with Crippen LogP contribution in [0.3, 0.4) is 0 Å². The molecule has 7 heteroatoms. The minimum atomic E-state index is -3.58. The lowest BCUT2D eigenvalue weighted by atomic mass is 10.1.